The van der Waals surface area contributed by atoms with E-state index in [0.29, 0.717) is 6.54 Å². The van der Waals surface area contributed by atoms with Gasteiger partial charge in [-0.1, -0.05) is 36.4 Å². The van der Waals surface area contributed by atoms with Gasteiger partial charge in [0.2, 0.25) is 5.91 Å². The van der Waals surface area contributed by atoms with Gasteiger partial charge in [0, 0.05) is 42.5 Å². The third kappa shape index (κ3) is 5.13. The molecule has 1 fully saturated rings. The largest absolute Gasteiger partial charge is 0.369 e. The van der Waals surface area contributed by atoms with Crippen LogP contribution in [0.3, 0.4) is 0 Å². The normalized spacial score (nSPS) is 14.8. The molecule has 0 bridgehead atoms. The van der Waals surface area contributed by atoms with Crippen molar-refractivity contribution >= 4 is 29.0 Å². The highest BCUT2D eigenvalue weighted by atomic mass is 32.2. The van der Waals surface area contributed by atoms with E-state index in [2.05, 4.69) is 46.0 Å². The first kappa shape index (κ1) is 18.5. The van der Waals surface area contributed by atoms with Crippen molar-refractivity contribution in [3.05, 3.63) is 67.3 Å². The number of carbonyl (C=O) groups is 1. The number of piperazine rings is 1. The van der Waals surface area contributed by atoms with Crippen molar-refractivity contribution < 1.29 is 4.79 Å². The van der Waals surface area contributed by atoms with E-state index in [4.69, 9.17) is 0 Å². The Bertz CT molecular complexity index is 727. The van der Waals surface area contributed by atoms with Crippen LogP contribution in [-0.4, -0.2) is 49.3 Å². The predicted octanol–water partition coefficient (Wildman–Crippen LogP) is 3.73. The lowest BCUT2D eigenvalue weighted by Gasteiger charge is -2.35. The summed E-state index contributed by atoms with van der Waals surface area (Å²) in [6.45, 7) is 7.88. The molecule has 2 aromatic carbocycles. The average Bonchev–Trinajstić information content (AvgIpc) is 2.68. The first-order valence-corrected chi connectivity index (χ1v) is 9.90. The number of benzene rings is 2. The number of carbonyl (C=O) groups excluding carboxylic acids is 1. The van der Waals surface area contributed by atoms with Gasteiger partial charge in [0.05, 0.1) is 12.2 Å². The van der Waals surface area contributed by atoms with Gasteiger partial charge in [-0.3, -0.25) is 9.69 Å². The standard InChI is InChI=1S/C21H25N3OS/c1-2-16-26-20-11-7-6-10-19(20)22-21(25)17-23-12-14-24(15-13-23)18-8-4-3-5-9-18/h2-11H,1,12-17H2,(H,22,25). The van der Waals surface area contributed by atoms with Gasteiger partial charge >= 0.3 is 0 Å². The molecule has 1 aliphatic rings. The van der Waals surface area contributed by atoms with E-state index in [1.54, 1.807) is 11.8 Å². The zero-order valence-corrected chi connectivity index (χ0v) is 15.8. The molecule has 0 saturated carbocycles. The Labute approximate surface area is 159 Å². The SMILES string of the molecule is C=CCSc1ccccc1NC(=O)CN1CCN(c2ccccc2)CC1. The van der Waals surface area contributed by atoms with Crippen molar-refractivity contribution in [1.29, 1.82) is 0 Å². The topological polar surface area (TPSA) is 35.6 Å². The smallest absolute Gasteiger partial charge is 0.238 e. The highest BCUT2D eigenvalue weighted by Gasteiger charge is 2.19. The monoisotopic (exact) mass is 367 g/mol. The van der Waals surface area contributed by atoms with Crippen LogP contribution in [0.2, 0.25) is 0 Å². The third-order valence-corrected chi connectivity index (χ3v) is 5.45. The zero-order chi connectivity index (χ0) is 18.2. The van der Waals surface area contributed by atoms with Crippen LogP contribution in [0.1, 0.15) is 0 Å². The Morgan fingerprint density at radius 2 is 1.73 bits per heavy atom. The van der Waals surface area contributed by atoms with E-state index < -0.39 is 0 Å². The van der Waals surface area contributed by atoms with E-state index in [-0.39, 0.29) is 5.91 Å². The molecular weight excluding hydrogens is 342 g/mol. The van der Waals surface area contributed by atoms with E-state index in [1.807, 2.05) is 36.4 Å². The van der Waals surface area contributed by atoms with Crippen LogP contribution in [0.5, 0.6) is 0 Å². The van der Waals surface area contributed by atoms with E-state index in [0.717, 1.165) is 42.5 Å². The van der Waals surface area contributed by atoms with Crippen LogP contribution in [0.15, 0.2) is 72.1 Å². The number of amides is 1. The van der Waals surface area contributed by atoms with Crippen molar-refractivity contribution in [2.45, 2.75) is 4.90 Å². The first-order chi connectivity index (χ1) is 12.8. The number of hydrogen-bond donors (Lipinski definition) is 1. The lowest BCUT2D eigenvalue weighted by atomic mass is 10.2. The molecule has 0 radical (unpaired) electrons. The van der Waals surface area contributed by atoms with Gasteiger partial charge < -0.3 is 10.2 Å². The molecule has 0 aromatic heterocycles. The molecule has 1 N–H and O–H groups in total. The van der Waals surface area contributed by atoms with Crippen molar-refractivity contribution in [3.63, 3.8) is 0 Å². The molecule has 4 nitrogen and oxygen atoms in total. The molecule has 0 aliphatic carbocycles. The highest BCUT2D eigenvalue weighted by molar-refractivity contribution is 7.99. The lowest BCUT2D eigenvalue weighted by Crippen LogP contribution is -2.48. The Morgan fingerprint density at radius 1 is 1.04 bits per heavy atom. The molecule has 5 heteroatoms. The van der Waals surface area contributed by atoms with Gasteiger partial charge in [0.15, 0.2) is 0 Å². The van der Waals surface area contributed by atoms with Gasteiger partial charge in [-0.15, -0.1) is 18.3 Å². The average molecular weight is 368 g/mol. The molecule has 1 aliphatic heterocycles. The Kier molecular flexibility index (Phi) is 6.75. The minimum absolute atomic E-state index is 0.0461. The number of nitrogens with zero attached hydrogens (tertiary/aromatic N) is 2. The second kappa shape index (κ2) is 9.46. The van der Waals surface area contributed by atoms with E-state index in [9.17, 15) is 4.79 Å². The Balaban J connectivity index is 1.50. The maximum atomic E-state index is 12.5. The summed E-state index contributed by atoms with van der Waals surface area (Å²) in [6.07, 6.45) is 1.87. The van der Waals surface area contributed by atoms with Gasteiger partial charge in [-0.2, -0.15) is 0 Å². The minimum atomic E-state index is 0.0461. The van der Waals surface area contributed by atoms with Gasteiger partial charge in [0.25, 0.3) is 0 Å². The number of rotatable bonds is 7. The van der Waals surface area contributed by atoms with Crippen LogP contribution >= 0.6 is 11.8 Å². The zero-order valence-electron chi connectivity index (χ0n) is 14.9. The summed E-state index contributed by atoms with van der Waals surface area (Å²) < 4.78 is 0. The van der Waals surface area contributed by atoms with Crippen molar-refractivity contribution in [2.24, 2.45) is 0 Å². The van der Waals surface area contributed by atoms with Crippen LogP contribution in [0.4, 0.5) is 11.4 Å². The number of para-hydroxylation sites is 2. The molecule has 1 saturated heterocycles. The number of anilines is 2. The molecule has 1 amide bonds. The maximum Gasteiger partial charge on any atom is 0.238 e. The number of hydrogen-bond acceptors (Lipinski definition) is 4. The third-order valence-electron chi connectivity index (χ3n) is 4.38. The second-order valence-corrected chi connectivity index (χ2v) is 7.30. The Hall–Kier alpha value is -2.24. The van der Waals surface area contributed by atoms with Gasteiger partial charge in [-0.05, 0) is 24.3 Å². The fraction of sp³-hybridized carbons (Fsp3) is 0.286. The summed E-state index contributed by atoms with van der Waals surface area (Å²) >= 11 is 1.68. The predicted molar refractivity (Wildman–Crippen MR) is 111 cm³/mol. The fourth-order valence-electron chi connectivity index (χ4n) is 3.04. The molecule has 136 valence electrons. The quantitative estimate of drug-likeness (QED) is 0.598. The lowest BCUT2D eigenvalue weighted by molar-refractivity contribution is -0.117. The molecule has 0 atom stereocenters. The minimum Gasteiger partial charge on any atom is -0.369 e. The van der Waals surface area contributed by atoms with Crippen molar-refractivity contribution in [2.75, 3.05) is 48.7 Å². The van der Waals surface area contributed by atoms with E-state index >= 15 is 0 Å². The summed E-state index contributed by atoms with van der Waals surface area (Å²) in [5, 5.41) is 3.06. The molecule has 0 unspecified atom stereocenters. The summed E-state index contributed by atoms with van der Waals surface area (Å²) in [5.74, 6) is 0.874. The molecule has 26 heavy (non-hydrogen) atoms. The van der Waals surface area contributed by atoms with Crippen molar-refractivity contribution in [1.82, 2.24) is 4.90 Å². The first-order valence-electron chi connectivity index (χ1n) is 8.91. The van der Waals surface area contributed by atoms with Crippen LogP contribution in [0.25, 0.3) is 0 Å². The van der Waals surface area contributed by atoms with E-state index in [1.165, 1.54) is 5.69 Å². The summed E-state index contributed by atoms with van der Waals surface area (Å²) in [7, 11) is 0. The molecule has 2 aromatic rings. The maximum absolute atomic E-state index is 12.5. The van der Waals surface area contributed by atoms with Gasteiger partial charge in [0.1, 0.15) is 0 Å². The molecule has 3 rings (SSSR count). The fourth-order valence-corrected chi connectivity index (χ4v) is 3.79. The summed E-state index contributed by atoms with van der Waals surface area (Å²) in [6, 6.07) is 18.4. The molecule has 1 heterocycles. The number of nitrogens with one attached hydrogen (secondary N) is 1. The van der Waals surface area contributed by atoms with Crippen LogP contribution < -0.4 is 10.2 Å². The van der Waals surface area contributed by atoms with Crippen LogP contribution in [-0.2, 0) is 4.79 Å². The Morgan fingerprint density at radius 3 is 2.46 bits per heavy atom. The summed E-state index contributed by atoms with van der Waals surface area (Å²) in [5.41, 5.74) is 2.14. The molecule has 0 spiro atoms. The summed E-state index contributed by atoms with van der Waals surface area (Å²) in [4.78, 5) is 18.1. The highest BCUT2D eigenvalue weighted by Crippen LogP contribution is 2.27. The second-order valence-electron chi connectivity index (χ2n) is 6.24. The van der Waals surface area contributed by atoms with Gasteiger partial charge in [-0.25, -0.2) is 0 Å². The molecular formula is C21H25N3OS. The van der Waals surface area contributed by atoms with Crippen molar-refractivity contribution in [3.8, 4) is 0 Å². The number of thioether (sulfide) groups is 1. The van der Waals surface area contributed by atoms with Crippen LogP contribution in [0, 0.1) is 0 Å².